The normalized spacial score (nSPS) is 9.90. The Hall–Kier alpha value is -2.45. The molecule has 0 bridgehead atoms. The standard InChI is InChI=1S/C14H7ClF2N2O/c15-9-6-8(7-18)4-5-12(9)19-14(20)13-10(16)2-1-3-11(13)17/h1-6H,(H,19,20). The van der Waals surface area contributed by atoms with Crippen LogP contribution in [-0.4, -0.2) is 5.91 Å². The van der Waals surface area contributed by atoms with E-state index >= 15 is 0 Å². The molecule has 0 atom stereocenters. The molecule has 0 saturated carbocycles. The first-order chi connectivity index (χ1) is 9.52. The summed E-state index contributed by atoms with van der Waals surface area (Å²) >= 11 is 5.87. The first-order valence-electron chi connectivity index (χ1n) is 5.48. The molecule has 6 heteroatoms. The SMILES string of the molecule is N#Cc1ccc(NC(=O)c2c(F)cccc2F)c(Cl)c1. The van der Waals surface area contributed by atoms with Gasteiger partial charge in [-0.3, -0.25) is 4.79 Å². The summed E-state index contributed by atoms with van der Waals surface area (Å²) in [4.78, 5) is 11.8. The Balaban J connectivity index is 2.31. The predicted molar refractivity (Wildman–Crippen MR) is 70.5 cm³/mol. The Bertz CT molecular complexity index is 705. The maximum atomic E-state index is 13.4. The molecule has 1 amide bonds. The molecule has 0 fully saturated rings. The van der Waals surface area contributed by atoms with Crippen LogP contribution in [0, 0.1) is 23.0 Å². The molecule has 0 unspecified atom stereocenters. The van der Waals surface area contributed by atoms with Crippen molar-refractivity contribution in [2.75, 3.05) is 5.32 Å². The van der Waals surface area contributed by atoms with Gasteiger partial charge < -0.3 is 5.32 Å². The highest BCUT2D eigenvalue weighted by Gasteiger charge is 2.17. The van der Waals surface area contributed by atoms with Crippen LogP contribution >= 0.6 is 11.6 Å². The van der Waals surface area contributed by atoms with Crippen molar-refractivity contribution in [3.8, 4) is 6.07 Å². The maximum absolute atomic E-state index is 13.4. The fourth-order valence-corrected chi connectivity index (χ4v) is 1.81. The van der Waals surface area contributed by atoms with Crippen molar-refractivity contribution in [3.63, 3.8) is 0 Å². The van der Waals surface area contributed by atoms with E-state index in [2.05, 4.69) is 5.32 Å². The van der Waals surface area contributed by atoms with Crippen LogP contribution in [0.2, 0.25) is 5.02 Å². The van der Waals surface area contributed by atoms with Crippen molar-refractivity contribution in [2.45, 2.75) is 0 Å². The lowest BCUT2D eigenvalue weighted by atomic mass is 10.1. The van der Waals surface area contributed by atoms with Crippen molar-refractivity contribution in [1.82, 2.24) is 0 Å². The summed E-state index contributed by atoms with van der Waals surface area (Å²) in [7, 11) is 0. The van der Waals surface area contributed by atoms with E-state index in [0.717, 1.165) is 18.2 Å². The molecule has 0 aromatic heterocycles. The summed E-state index contributed by atoms with van der Waals surface area (Å²) in [6.07, 6.45) is 0. The maximum Gasteiger partial charge on any atom is 0.261 e. The molecule has 0 spiro atoms. The number of carbonyl (C=O) groups excluding carboxylic acids is 1. The van der Waals surface area contributed by atoms with Gasteiger partial charge in [-0.1, -0.05) is 17.7 Å². The molecule has 2 aromatic carbocycles. The lowest BCUT2D eigenvalue weighted by molar-refractivity contribution is 0.101. The predicted octanol–water partition coefficient (Wildman–Crippen LogP) is 3.74. The zero-order valence-corrected chi connectivity index (χ0v) is 10.7. The van der Waals surface area contributed by atoms with Crippen LogP contribution in [0.3, 0.4) is 0 Å². The van der Waals surface area contributed by atoms with Gasteiger partial charge in [-0.2, -0.15) is 5.26 Å². The first-order valence-corrected chi connectivity index (χ1v) is 5.85. The van der Waals surface area contributed by atoms with E-state index in [1.807, 2.05) is 6.07 Å². The lowest BCUT2D eigenvalue weighted by Gasteiger charge is -2.08. The van der Waals surface area contributed by atoms with E-state index in [-0.39, 0.29) is 10.7 Å². The van der Waals surface area contributed by atoms with Gasteiger partial charge in [0.25, 0.3) is 5.91 Å². The van der Waals surface area contributed by atoms with Gasteiger partial charge in [0.05, 0.1) is 22.3 Å². The van der Waals surface area contributed by atoms with Gasteiger partial charge in [0, 0.05) is 0 Å². The largest absolute Gasteiger partial charge is 0.320 e. The third-order valence-corrected chi connectivity index (χ3v) is 2.85. The topological polar surface area (TPSA) is 52.9 Å². The van der Waals surface area contributed by atoms with Crippen LogP contribution in [0.25, 0.3) is 0 Å². The Morgan fingerprint density at radius 3 is 2.40 bits per heavy atom. The number of rotatable bonds is 2. The molecule has 3 nitrogen and oxygen atoms in total. The summed E-state index contributed by atoms with van der Waals surface area (Å²) in [5, 5.41) is 11.1. The number of nitriles is 1. The van der Waals surface area contributed by atoms with Crippen molar-refractivity contribution in [3.05, 3.63) is 64.2 Å². The summed E-state index contributed by atoms with van der Waals surface area (Å²) < 4.78 is 26.9. The quantitative estimate of drug-likeness (QED) is 0.916. The molecular formula is C14H7ClF2N2O. The van der Waals surface area contributed by atoms with E-state index in [9.17, 15) is 13.6 Å². The van der Waals surface area contributed by atoms with E-state index < -0.39 is 23.1 Å². The number of benzene rings is 2. The fourth-order valence-electron chi connectivity index (χ4n) is 1.59. The van der Waals surface area contributed by atoms with E-state index in [1.165, 1.54) is 18.2 Å². The number of nitrogens with one attached hydrogen (secondary N) is 1. The number of carbonyl (C=O) groups is 1. The molecule has 100 valence electrons. The van der Waals surface area contributed by atoms with Gasteiger partial charge in [0.2, 0.25) is 0 Å². The third-order valence-electron chi connectivity index (χ3n) is 2.54. The van der Waals surface area contributed by atoms with Crippen LogP contribution in [0.1, 0.15) is 15.9 Å². The van der Waals surface area contributed by atoms with E-state index in [0.29, 0.717) is 5.56 Å². The third kappa shape index (κ3) is 2.76. The molecule has 0 aliphatic rings. The summed E-state index contributed by atoms with van der Waals surface area (Å²) in [6, 6.07) is 9.17. The molecular weight excluding hydrogens is 286 g/mol. The van der Waals surface area contributed by atoms with Gasteiger partial charge in [-0.15, -0.1) is 0 Å². The van der Waals surface area contributed by atoms with Crippen LogP contribution < -0.4 is 5.32 Å². The number of amides is 1. The second-order valence-electron chi connectivity index (χ2n) is 3.86. The molecule has 1 N–H and O–H groups in total. The highest BCUT2D eigenvalue weighted by Crippen LogP contribution is 2.24. The average molecular weight is 293 g/mol. The van der Waals surface area contributed by atoms with Crippen molar-refractivity contribution < 1.29 is 13.6 Å². The van der Waals surface area contributed by atoms with Gasteiger partial charge in [0.1, 0.15) is 17.2 Å². The number of nitrogens with zero attached hydrogens (tertiary/aromatic N) is 1. The fraction of sp³-hybridized carbons (Fsp3) is 0. The molecule has 2 aromatic rings. The highest BCUT2D eigenvalue weighted by atomic mass is 35.5. The molecule has 0 aliphatic heterocycles. The summed E-state index contributed by atoms with van der Waals surface area (Å²) in [5.41, 5.74) is -0.212. The van der Waals surface area contributed by atoms with Crippen molar-refractivity contribution in [1.29, 1.82) is 5.26 Å². The van der Waals surface area contributed by atoms with Crippen LogP contribution in [0.15, 0.2) is 36.4 Å². The molecule has 2 rings (SSSR count). The van der Waals surface area contributed by atoms with Gasteiger partial charge >= 0.3 is 0 Å². The minimum absolute atomic E-state index is 0.106. The Labute approximate surface area is 118 Å². The second-order valence-corrected chi connectivity index (χ2v) is 4.26. The molecule has 0 aliphatic carbocycles. The molecule has 0 saturated heterocycles. The number of anilines is 1. The average Bonchev–Trinajstić information content (AvgIpc) is 2.41. The number of hydrogen-bond donors (Lipinski definition) is 1. The van der Waals surface area contributed by atoms with Gasteiger partial charge in [-0.05, 0) is 30.3 Å². The Morgan fingerprint density at radius 1 is 1.20 bits per heavy atom. The van der Waals surface area contributed by atoms with Crippen LogP contribution in [0.5, 0.6) is 0 Å². The van der Waals surface area contributed by atoms with Gasteiger partial charge in [0.15, 0.2) is 0 Å². The Kier molecular flexibility index (Phi) is 3.97. The monoisotopic (exact) mass is 292 g/mol. The smallest absolute Gasteiger partial charge is 0.261 e. The van der Waals surface area contributed by atoms with Crippen LogP contribution in [0.4, 0.5) is 14.5 Å². The number of hydrogen-bond acceptors (Lipinski definition) is 2. The zero-order chi connectivity index (χ0) is 14.7. The molecule has 20 heavy (non-hydrogen) atoms. The minimum atomic E-state index is -0.965. The van der Waals surface area contributed by atoms with E-state index in [1.54, 1.807) is 0 Å². The second kappa shape index (κ2) is 5.68. The van der Waals surface area contributed by atoms with Crippen molar-refractivity contribution in [2.24, 2.45) is 0 Å². The first kappa shape index (κ1) is 14.0. The molecule has 0 radical (unpaired) electrons. The number of halogens is 3. The lowest BCUT2D eigenvalue weighted by Crippen LogP contribution is -2.16. The zero-order valence-electron chi connectivity index (χ0n) is 9.95. The highest BCUT2D eigenvalue weighted by molar-refractivity contribution is 6.34. The van der Waals surface area contributed by atoms with Gasteiger partial charge in [-0.25, -0.2) is 8.78 Å². The van der Waals surface area contributed by atoms with Crippen LogP contribution in [-0.2, 0) is 0 Å². The summed E-state index contributed by atoms with van der Waals surface area (Å²) in [5.74, 6) is -2.88. The Morgan fingerprint density at radius 2 is 1.85 bits per heavy atom. The van der Waals surface area contributed by atoms with Crippen molar-refractivity contribution >= 4 is 23.2 Å². The molecule has 0 heterocycles. The minimum Gasteiger partial charge on any atom is -0.320 e. The summed E-state index contributed by atoms with van der Waals surface area (Å²) in [6.45, 7) is 0. The van der Waals surface area contributed by atoms with E-state index in [4.69, 9.17) is 16.9 Å².